The van der Waals surface area contributed by atoms with Gasteiger partial charge in [-0.1, -0.05) is 164 Å². The normalized spacial score (nSPS) is 11.9. The fourth-order valence-corrected chi connectivity index (χ4v) is 11.8. The van der Waals surface area contributed by atoms with Crippen LogP contribution in [0.25, 0.3) is 155 Å². The number of aromatic nitrogens is 5. The summed E-state index contributed by atoms with van der Waals surface area (Å²) in [5.74, 6) is 1.72. The van der Waals surface area contributed by atoms with Crippen molar-refractivity contribution in [2.75, 3.05) is 0 Å². The van der Waals surface area contributed by atoms with Crippen molar-refractivity contribution >= 4 is 87.5 Å². The van der Waals surface area contributed by atoms with E-state index in [4.69, 9.17) is 23.8 Å². The van der Waals surface area contributed by atoms with E-state index in [1.54, 1.807) is 0 Å². The second-order valence-electron chi connectivity index (χ2n) is 19.4. The van der Waals surface area contributed by atoms with Gasteiger partial charge in [0.15, 0.2) is 17.5 Å². The van der Waals surface area contributed by atoms with Gasteiger partial charge in [0.1, 0.15) is 22.3 Å². The fourth-order valence-electron chi connectivity index (χ4n) is 11.8. The van der Waals surface area contributed by atoms with E-state index >= 15 is 0 Å². The van der Waals surface area contributed by atoms with Gasteiger partial charge in [-0.15, -0.1) is 0 Å². The van der Waals surface area contributed by atoms with Gasteiger partial charge in [0.05, 0.1) is 22.1 Å². The molecule has 0 saturated carbocycles. The van der Waals surface area contributed by atoms with E-state index in [2.05, 4.69) is 215 Å². The number of fused-ring (bicyclic) bond motifs is 12. The first kappa shape index (κ1) is 42.2. The molecule has 0 saturated heterocycles. The van der Waals surface area contributed by atoms with Crippen LogP contribution in [0.2, 0.25) is 0 Å². The SMILES string of the molecule is c1ccc(-c2nc(-c3ccc4oc5c(-c6cccc7c6c6ccccc6n7-c6ccccc6)cccc5c4c3)nc(-c3ccc4oc5c(-c6cccc7c6c6ccccc6n7-c6ccccc6)cccc5c4c3)n2)cc1. The third kappa shape index (κ3) is 6.39. The molecule has 7 heteroatoms. The molecular weight excluding hydrogens is 931 g/mol. The zero-order chi connectivity index (χ0) is 49.8. The molecule has 16 rings (SSSR count). The molecule has 0 aliphatic rings. The van der Waals surface area contributed by atoms with Gasteiger partial charge < -0.3 is 18.0 Å². The summed E-state index contributed by atoms with van der Waals surface area (Å²) < 4.78 is 18.4. The van der Waals surface area contributed by atoms with Gasteiger partial charge >= 0.3 is 0 Å². The standard InChI is InChI=1S/C69H41N5O2/c1-4-18-42(19-5-1)67-70-68(43-36-38-61-55(40-43)51-30-14-28-49(65(51)75-61)47-26-16-34-59-63(47)53-24-10-12-32-57(53)73(59)45-20-6-2-7-21-45)72-69(71-67)44-37-39-62-56(41-44)52-31-15-29-50(66(52)76-62)48-27-17-35-60-64(48)54-25-11-13-33-58(54)74(60)46-22-8-3-9-23-46/h1-41H. The molecule has 5 aromatic heterocycles. The third-order valence-electron chi connectivity index (χ3n) is 15.2. The predicted molar refractivity (Wildman–Crippen MR) is 310 cm³/mol. The molecule has 0 aliphatic carbocycles. The van der Waals surface area contributed by atoms with Crippen molar-refractivity contribution in [3.63, 3.8) is 0 Å². The van der Waals surface area contributed by atoms with Gasteiger partial charge in [-0.3, -0.25) is 0 Å². The summed E-state index contributed by atoms with van der Waals surface area (Å²) in [7, 11) is 0. The minimum Gasteiger partial charge on any atom is -0.455 e. The molecule has 0 spiro atoms. The summed E-state index contributed by atoms with van der Waals surface area (Å²) >= 11 is 0. The number of benzene rings is 11. The first-order valence-corrected chi connectivity index (χ1v) is 25.6. The number of rotatable bonds is 7. The summed E-state index contributed by atoms with van der Waals surface area (Å²) in [5, 5.41) is 8.76. The van der Waals surface area contributed by atoms with Crippen molar-refractivity contribution in [1.82, 2.24) is 24.1 Å². The molecule has 7 nitrogen and oxygen atoms in total. The molecule has 11 aromatic carbocycles. The van der Waals surface area contributed by atoms with Crippen LogP contribution in [-0.4, -0.2) is 24.1 Å². The summed E-state index contributed by atoms with van der Waals surface area (Å²) in [6.45, 7) is 0. The zero-order valence-corrected chi connectivity index (χ0v) is 40.7. The van der Waals surface area contributed by atoms with Crippen LogP contribution in [0.15, 0.2) is 258 Å². The number of hydrogen-bond donors (Lipinski definition) is 0. The molecule has 0 bridgehead atoms. The van der Waals surface area contributed by atoms with E-state index in [1.165, 1.54) is 21.5 Å². The summed E-state index contributed by atoms with van der Waals surface area (Å²) in [4.78, 5) is 15.6. The number of hydrogen-bond acceptors (Lipinski definition) is 5. The highest BCUT2D eigenvalue weighted by molar-refractivity contribution is 6.21. The maximum absolute atomic E-state index is 6.86. The van der Waals surface area contributed by atoms with Gasteiger partial charge in [0.2, 0.25) is 0 Å². The van der Waals surface area contributed by atoms with Gasteiger partial charge in [-0.25, -0.2) is 15.0 Å². The molecule has 0 amide bonds. The van der Waals surface area contributed by atoms with Crippen LogP contribution in [0, 0.1) is 0 Å². The minimum atomic E-state index is 0.567. The summed E-state index contributed by atoms with van der Waals surface area (Å²) in [6.07, 6.45) is 0. The molecule has 354 valence electrons. The van der Waals surface area contributed by atoms with Crippen LogP contribution in [0.4, 0.5) is 0 Å². The van der Waals surface area contributed by atoms with E-state index < -0.39 is 0 Å². The quantitative estimate of drug-likeness (QED) is 0.159. The van der Waals surface area contributed by atoms with Crippen LogP contribution in [0.5, 0.6) is 0 Å². The first-order chi connectivity index (χ1) is 37.7. The van der Waals surface area contributed by atoms with Crippen LogP contribution >= 0.6 is 0 Å². The van der Waals surface area contributed by atoms with Crippen molar-refractivity contribution in [3.05, 3.63) is 249 Å². The van der Waals surface area contributed by atoms with Crippen LogP contribution < -0.4 is 0 Å². The largest absolute Gasteiger partial charge is 0.455 e. The van der Waals surface area contributed by atoms with E-state index in [9.17, 15) is 0 Å². The molecule has 0 unspecified atom stereocenters. The Bertz CT molecular complexity index is 4700. The van der Waals surface area contributed by atoms with Crippen LogP contribution in [-0.2, 0) is 0 Å². The highest BCUT2D eigenvalue weighted by Gasteiger charge is 2.23. The number of para-hydroxylation sites is 6. The van der Waals surface area contributed by atoms with Gasteiger partial charge in [-0.2, -0.15) is 0 Å². The lowest BCUT2D eigenvalue weighted by Gasteiger charge is -2.09. The first-order valence-electron chi connectivity index (χ1n) is 25.6. The summed E-state index contributed by atoms with van der Waals surface area (Å²) in [6, 6.07) is 87.2. The fraction of sp³-hybridized carbons (Fsp3) is 0. The maximum atomic E-state index is 6.86. The Kier molecular flexibility index (Phi) is 9.20. The topological polar surface area (TPSA) is 74.8 Å². The second-order valence-corrected chi connectivity index (χ2v) is 19.4. The van der Waals surface area contributed by atoms with Crippen molar-refractivity contribution in [1.29, 1.82) is 0 Å². The lowest BCUT2D eigenvalue weighted by molar-refractivity contribution is 0.669. The van der Waals surface area contributed by atoms with E-state index in [-0.39, 0.29) is 0 Å². The van der Waals surface area contributed by atoms with E-state index in [0.29, 0.717) is 17.5 Å². The molecule has 0 atom stereocenters. The van der Waals surface area contributed by atoms with Gasteiger partial charge in [0, 0.05) is 82.3 Å². The Balaban J connectivity index is 0.831. The molecule has 5 heterocycles. The molecule has 0 N–H and O–H groups in total. The molecule has 0 aliphatic heterocycles. The molecule has 16 aromatic rings. The summed E-state index contributed by atoms with van der Waals surface area (Å²) in [5.41, 5.74) is 17.0. The Morgan fingerprint density at radius 3 is 1.11 bits per heavy atom. The minimum absolute atomic E-state index is 0.567. The Labute approximate surface area is 434 Å². The lowest BCUT2D eigenvalue weighted by atomic mass is 9.97. The van der Waals surface area contributed by atoms with Crippen LogP contribution in [0.1, 0.15) is 0 Å². The maximum Gasteiger partial charge on any atom is 0.164 e. The average molecular weight is 972 g/mol. The third-order valence-corrected chi connectivity index (χ3v) is 15.2. The molecule has 0 fully saturated rings. The zero-order valence-electron chi connectivity index (χ0n) is 40.7. The Hall–Kier alpha value is -10.4. The van der Waals surface area contributed by atoms with Crippen molar-refractivity contribution in [3.8, 4) is 67.8 Å². The van der Waals surface area contributed by atoms with Gasteiger partial charge in [0.25, 0.3) is 0 Å². The molecule has 0 radical (unpaired) electrons. The average Bonchev–Trinajstić information content (AvgIpc) is 4.29. The van der Waals surface area contributed by atoms with Crippen molar-refractivity contribution < 1.29 is 8.83 Å². The lowest BCUT2D eigenvalue weighted by Crippen LogP contribution is -2.00. The van der Waals surface area contributed by atoms with Crippen LogP contribution in [0.3, 0.4) is 0 Å². The Morgan fingerprint density at radius 1 is 0.263 bits per heavy atom. The predicted octanol–water partition coefficient (Wildman–Crippen LogP) is 18.2. The smallest absolute Gasteiger partial charge is 0.164 e. The van der Waals surface area contributed by atoms with Crippen molar-refractivity contribution in [2.24, 2.45) is 0 Å². The number of nitrogens with zero attached hydrogens (tertiary/aromatic N) is 5. The highest BCUT2D eigenvalue weighted by atomic mass is 16.3. The second kappa shape index (κ2) is 16.6. The molecule has 76 heavy (non-hydrogen) atoms. The monoisotopic (exact) mass is 971 g/mol. The number of furan rings is 2. The van der Waals surface area contributed by atoms with Gasteiger partial charge in [-0.05, 0) is 96.1 Å². The highest BCUT2D eigenvalue weighted by Crippen LogP contribution is 2.45. The van der Waals surface area contributed by atoms with E-state index in [0.717, 1.165) is 116 Å². The van der Waals surface area contributed by atoms with E-state index in [1.807, 2.05) is 42.5 Å². The Morgan fingerprint density at radius 2 is 0.632 bits per heavy atom. The molecular formula is C69H41N5O2. The van der Waals surface area contributed by atoms with Crippen molar-refractivity contribution in [2.45, 2.75) is 0 Å².